The number of rotatable bonds is 1. The topological polar surface area (TPSA) is 45.3 Å². The molecule has 1 unspecified atom stereocenters. The van der Waals surface area contributed by atoms with Crippen molar-refractivity contribution in [2.24, 2.45) is 0 Å². The molecule has 25 heavy (non-hydrogen) atoms. The van der Waals surface area contributed by atoms with Gasteiger partial charge in [0.15, 0.2) is 0 Å². The molecule has 0 spiro atoms. The molecule has 0 amide bonds. The summed E-state index contributed by atoms with van der Waals surface area (Å²) >= 11 is 0. The Kier molecular flexibility index (Phi) is 3.01. The number of nitrogens with one attached hydrogen (secondary N) is 1. The number of H-pyrrole nitrogens is 1. The van der Waals surface area contributed by atoms with Crippen molar-refractivity contribution in [3.8, 4) is 0 Å². The Morgan fingerprint density at radius 2 is 2.08 bits per heavy atom. The highest BCUT2D eigenvalue weighted by atomic mass is 16.5. The molecule has 5 rings (SSSR count). The lowest BCUT2D eigenvalue weighted by atomic mass is 9.94. The summed E-state index contributed by atoms with van der Waals surface area (Å²) in [6.45, 7) is 0.970. The molecule has 2 aliphatic heterocycles. The second-order valence-corrected chi connectivity index (χ2v) is 6.59. The fourth-order valence-electron chi connectivity index (χ4n) is 4.12. The molecule has 0 saturated carbocycles. The molecule has 0 saturated heterocycles. The number of benzene rings is 2. The van der Waals surface area contributed by atoms with Gasteiger partial charge in [0.25, 0.3) is 0 Å². The van der Waals surface area contributed by atoms with E-state index in [0.29, 0.717) is 5.56 Å². The fraction of sp³-hybridized carbons (Fsp3) is 0.190. The minimum Gasteiger partial charge on any atom is -0.465 e. The highest BCUT2D eigenvalue weighted by molar-refractivity contribution is 5.90. The maximum absolute atomic E-state index is 12.2. The van der Waals surface area contributed by atoms with E-state index in [9.17, 15) is 4.79 Å². The van der Waals surface area contributed by atoms with E-state index in [2.05, 4.69) is 52.5 Å². The third-order valence-electron chi connectivity index (χ3n) is 5.29. The minimum atomic E-state index is -0.289. The van der Waals surface area contributed by atoms with Gasteiger partial charge in [-0.1, -0.05) is 30.3 Å². The van der Waals surface area contributed by atoms with Gasteiger partial charge in [0.1, 0.15) is 0 Å². The van der Waals surface area contributed by atoms with Gasteiger partial charge in [-0.3, -0.25) is 0 Å². The van der Waals surface area contributed by atoms with Crippen LogP contribution in [0.15, 0.2) is 42.5 Å². The van der Waals surface area contributed by atoms with Crippen molar-refractivity contribution in [1.29, 1.82) is 0 Å². The van der Waals surface area contributed by atoms with Crippen LogP contribution in [0, 0.1) is 0 Å². The van der Waals surface area contributed by atoms with E-state index in [-0.39, 0.29) is 12.0 Å². The molecule has 3 aromatic rings. The SMILES string of the molecule is COC(=O)c1cccc2c1=CC1c3[nH]c4ccccc4c3CCN1C=2. The predicted octanol–water partition coefficient (Wildman–Crippen LogP) is 2.09. The van der Waals surface area contributed by atoms with E-state index in [1.165, 1.54) is 29.3 Å². The number of esters is 1. The number of nitrogens with zero attached hydrogens (tertiary/aromatic N) is 1. The Balaban J connectivity index is 1.76. The first kappa shape index (κ1) is 14.3. The standard InChI is InChI=1S/C21H18N2O2/c1-25-21(24)16-7-4-5-13-12-23-10-9-15-14-6-2-3-8-18(14)22-20(15)19(23)11-17(13)16/h2-8,11-12,19,22H,9-10H2,1H3. The Morgan fingerprint density at radius 1 is 1.20 bits per heavy atom. The van der Waals surface area contributed by atoms with E-state index in [0.717, 1.165) is 23.4 Å². The van der Waals surface area contributed by atoms with Crippen molar-refractivity contribution in [3.05, 3.63) is 69.7 Å². The number of methoxy groups -OCH3 is 1. The summed E-state index contributed by atoms with van der Waals surface area (Å²) in [5.41, 5.74) is 4.42. The third kappa shape index (κ3) is 2.03. The zero-order valence-electron chi connectivity index (χ0n) is 14.0. The largest absolute Gasteiger partial charge is 0.465 e. The summed E-state index contributed by atoms with van der Waals surface area (Å²) in [6.07, 6.45) is 5.38. The smallest absolute Gasteiger partial charge is 0.338 e. The Morgan fingerprint density at radius 3 is 2.96 bits per heavy atom. The van der Waals surface area contributed by atoms with Crippen LogP contribution in [0.3, 0.4) is 0 Å². The molecule has 0 aliphatic carbocycles. The Labute approximate surface area is 145 Å². The molecular weight excluding hydrogens is 312 g/mol. The maximum Gasteiger partial charge on any atom is 0.338 e. The van der Waals surface area contributed by atoms with E-state index >= 15 is 0 Å². The quantitative estimate of drug-likeness (QED) is 0.695. The van der Waals surface area contributed by atoms with Crippen LogP contribution in [0.25, 0.3) is 23.2 Å². The van der Waals surface area contributed by atoms with Crippen molar-refractivity contribution < 1.29 is 9.53 Å². The first-order valence-electron chi connectivity index (χ1n) is 8.52. The van der Waals surface area contributed by atoms with Crippen LogP contribution in [0.2, 0.25) is 0 Å². The van der Waals surface area contributed by atoms with Gasteiger partial charge < -0.3 is 14.6 Å². The number of fused-ring (bicyclic) bond motifs is 6. The molecule has 2 aliphatic rings. The van der Waals surface area contributed by atoms with Gasteiger partial charge in [-0.05, 0) is 40.6 Å². The molecular formula is C21H18N2O2. The second kappa shape index (κ2) is 5.24. The number of hydrogen-bond acceptors (Lipinski definition) is 3. The van der Waals surface area contributed by atoms with Gasteiger partial charge in [0.2, 0.25) is 0 Å². The summed E-state index contributed by atoms with van der Waals surface area (Å²) in [7, 11) is 1.43. The summed E-state index contributed by atoms with van der Waals surface area (Å²) in [4.78, 5) is 18.1. The van der Waals surface area contributed by atoms with Gasteiger partial charge in [-0.25, -0.2) is 4.79 Å². The fourth-order valence-corrected chi connectivity index (χ4v) is 4.12. The summed E-state index contributed by atoms with van der Waals surface area (Å²) in [5.74, 6) is -0.289. The number of ether oxygens (including phenoxy) is 1. The molecule has 2 aromatic carbocycles. The number of para-hydroxylation sites is 1. The van der Waals surface area contributed by atoms with E-state index in [1.54, 1.807) is 0 Å². The van der Waals surface area contributed by atoms with Gasteiger partial charge in [0, 0.05) is 29.3 Å². The number of hydrogen-bond donors (Lipinski definition) is 1. The molecule has 4 heteroatoms. The maximum atomic E-state index is 12.2. The molecule has 4 nitrogen and oxygen atoms in total. The molecule has 0 fully saturated rings. The number of carbonyl (C=O) groups is 1. The third-order valence-corrected chi connectivity index (χ3v) is 5.29. The van der Waals surface area contributed by atoms with E-state index in [1.807, 2.05) is 12.1 Å². The number of carbonyl (C=O) groups excluding carboxylic acids is 1. The van der Waals surface area contributed by atoms with Crippen molar-refractivity contribution >= 4 is 29.1 Å². The van der Waals surface area contributed by atoms with Gasteiger partial charge >= 0.3 is 5.97 Å². The first-order valence-corrected chi connectivity index (χ1v) is 8.52. The van der Waals surface area contributed by atoms with Crippen LogP contribution >= 0.6 is 0 Å². The number of aromatic amines is 1. The van der Waals surface area contributed by atoms with E-state index < -0.39 is 0 Å². The molecule has 1 aromatic heterocycles. The second-order valence-electron chi connectivity index (χ2n) is 6.59. The minimum absolute atomic E-state index is 0.120. The molecule has 1 N–H and O–H groups in total. The molecule has 0 radical (unpaired) electrons. The van der Waals surface area contributed by atoms with Gasteiger partial charge in [0.05, 0.1) is 18.7 Å². The zero-order chi connectivity index (χ0) is 17.0. The lowest BCUT2D eigenvalue weighted by molar-refractivity contribution is 0.0599. The average molecular weight is 330 g/mol. The van der Waals surface area contributed by atoms with Crippen LogP contribution in [-0.2, 0) is 11.2 Å². The van der Waals surface area contributed by atoms with E-state index in [4.69, 9.17) is 4.74 Å². The lowest BCUT2D eigenvalue weighted by Crippen LogP contribution is -2.42. The molecule has 1 atom stereocenters. The average Bonchev–Trinajstić information content (AvgIpc) is 3.04. The summed E-state index contributed by atoms with van der Waals surface area (Å²) in [5, 5.41) is 3.33. The summed E-state index contributed by atoms with van der Waals surface area (Å²) in [6, 6.07) is 14.4. The number of aromatic nitrogens is 1. The van der Waals surface area contributed by atoms with Crippen molar-refractivity contribution in [3.63, 3.8) is 0 Å². The summed E-state index contributed by atoms with van der Waals surface area (Å²) < 4.78 is 4.96. The zero-order valence-corrected chi connectivity index (χ0v) is 14.0. The first-order chi connectivity index (χ1) is 12.3. The van der Waals surface area contributed by atoms with Crippen LogP contribution in [0.5, 0.6) is 0 Å². The van der Waals surface area contributed by atoms with Crippen LogP contribution in [0.1, 0.15) is 27.7 Å². The normalized spacial score (nSPS) is 17.8. The molecule has 0 bridgehead atoms. The van der Waals surface area contributed by atoms with Crippen LogP contribution in [0.4, 0.5) is 0 Å². The predicted molar refractivity (Wildman–Crippen MR) is 97.4 cm³/mol. The van der Waals surface area contributed by atoms with Crippen LogP contribution < -0.4 is 10.4 Å². The Hall–Kier alpha value is -3.01. The van der Waals surface area contributed by atoms with Crippen LogP contribution in [-0.4, -0.2) is 29.5 Å². The van der Waals surface area contributed by atoms with Gasteiger partial charge in [-0.15, -0.1) is 0 Å². The van der Waals surface area contributed by atoms with Crippen molar-refractivity contribution in [1.82, 2.24) is 9.88 Å². The lowest BCUT2D eigenvalue weighted by Gasteiger charge is -2.35. The monoisotopic (exact) mass is 330 g/mol. The molecule has 124 valence electrons. The van der Waals surface area contributed by atoms with Crippen molar-refractivity contribution in [2.45, 2.75) is 12.5 Å². The highest BCUT2D eigenvalue weighted by Crippen LogP contribution is 2.36. The Bertz CT molecular complexity index is 1130. The highest BCUT2D eigenvalue weighted by Gasteiger charge is 2.29. The van der Waals surface area contributed by atoms with Gasteiger partial charge in [-0.2, -0.15) is 0 Å². The van der Waals surface area contributed by atoms with Crippen molar-refractivity contribution in [2.75, 3.05) is 13.7 Å². The molecule has 3 heterocycles.